The van der Waals surface area contributed by atoms with Gasteiger partial charge in [-0.25, -0.2) is 14.6 Å². The first kappa shape index (κ1) is 19.8. The number of anilines is 1. The van der Waals surface area contributed by atoms with Gasteiger partial charge in [0, 0.05) is 12.1 Å². The second-order valence-electron chi connectivity index (χ2n) is 6.91. The highest BCUT2D eigenvalue weighted by Crippen LogP contribution is 2.36. The number of hydrogen-bond acceptors (Lipinski definition) is 8. The lowest BCUT2D eigenvalue weighted by Crippen LogP contribution is -2.05. The van der Waals surface area contributed by atoms with E-state index >= 15 is 0 Å². The van der Waals surface area contributed by atoms with Gasteiger partial charge in [-0.15, -0.1) is 0 Å². The number of nitrogens with two attached hydrogens (primary N) is 2. The molecule has 0 aliphatic rings. The number of nitrogen functional groups attached to an aromatic ring is 1. The minimum Gasteiger partial charge on any atom is -0.490 e. The Morgan fingerprint density at radius 1 is 1.07 bits per heavy atom. The molecule has 0 aliphatic heterocycles. The molecule has 4 aromatic rings. The molecule has 0 spiro atoms. The Morgan fingerprint density at radius 2 is 1.90 bits per heavy atom. The summed E-state index contributed by atoms with van der Waals surface area (Å²) in [4.78, 5) is 9.52. The molecule has 0 fully saturated rings. The highest BCUT2D eigenvalue weighted by Gasteiger charge is 2.23. The van der Waals surface area contributed by atoms with Crippen molar-refractivity contribution in [1.29, 1.82) is 0 Å². The fourth-order valence-corrected chi connectivity index (χ4v) is 3.47. The molecule has 3 aromatic heterocycles. The summed E-state index contributed by atoms with van der Waals surface area (Å²) >= 11 is 0. The van der Waals surface area contributed by atoms with Crippen LogP contribution in [0.3, 0.4) is 0 Å². The zero-order valence-electron chi connectivity index (χ0n) is 16.9. The van der Waals surface area contributed by atoms with Crippen molar-refractivity contribution in [3.63, 3.8) is 0 Å². The van der Waals surface area contributed by atoms with Crippen LogP contribution in [0.4, 0.5) is 5.82 Å². The predicted molar refractivity (Wildman–Crippen MR) is 115 cm³/mol. The molecule has 0 saturated carbocycles. The number of benzene rings is 1. The van der Waals surface area contributed by atoms with Crippen LogP contribution in [0.25, 0.3) is 33.8 Å². The number of ether oxygens (including phenoxy) is 1. The first-order valence-corrected chi connectivity index (χ1v) is 10.1. The number of pyridine rings is 1. The Morgan fingerprint density at radius 3 is 2.60 bits per heavy atom. The second kappa shape index (κ2) is 8.91. The molecule has 0 saturated heterocycles. The van der Waals surface area contributed by atoms with Crippen molar-refractivity contribution in [2.45, 2.75) is 32.7 Å². The maximum atomic E-state index is 6.11. The summed E-state index contributed by atoms with van der Waals surface area (Å²) in [6.45, 7) is 3.94. The molecule has 4 N–H and O–H groups in total. The maximum Gasteiger partial charge on any atom is 0.199 e. The molecule has 0 radical (unpaired) electrons. The molecule has 3 heterocycles. The van der Waals surface area contributed by atoms with Crippen LogP contribution >= 0.6 is 0 Å². The van der Waals surface area contributed by atoms with E-state index in [9.17, 15) is 0 Å². The molecule has 0 unspecified atom stereocenters. The predicted octanol–water partition coefficient (Wildman–Crippen LogP) is 3.26. The zero-order valence-corrected chi connectivity index (χ0v) is 16.9. The molecule has 1 aromatic carbocycles. The van der Waals surface area contributed by atoms with Gasteiger partial charge < -0.3 is 20.8 Å². The van der Waals surface area contributed by atoms with Crippen LogP contribution in [0, 0.1) is 0 Å². The van der Waals surface area contributed by atoms with Gasteiger partial charge in [0.1, 0.15) is 11.0 Å². The number of rotatable bonds is 9. The van der Waals surface area contributed by atoms with Crippen LogP contribution in [0.2, 0.25) is 0 Å². The first-order valence-electron chi connectivity index (χ1n) is 10.1. The van der Waals surface area contributed by atoms with Gasteiger partial charge in [0.25, 0.3) is 0 Å². The maximum absolute atomic E-state index is 6.11. The van der Waals surface area contributed by atoms with Crippen molar-refractivity contribution >= 4 is 16.9 Å². The van der Waals surface area contributed by atoms with Crippen LogP contribution < -0.4 is 16.2 Å². The lowest BCUT2D eigenvalue weighted by atomic mass is 10.1. The van der Waals surface area contributed by atoms with E-state index in [0.29, 0.717) is 37.0 Å². The second-order valence-corrected chi connectivity index (χ2v) is 6.91. The van der Waals surface area contributed by atoms with Crippen molar-refractivity contribution in [3.05, 3.63) is 36.5 Å². The highest BCUT2D eigenvalue weighted by molar-refractivity contribution is 5.95. The Labute approximate surface area is 174 Å². The fourth-order valence-electron chi connectivity index (χ4n) is 3.47. The van der Waals surface area contributed by atoms with E-state index in [-0.39, 0.29) is 5.82 Å². The van der Waals surface area contributed by atoms with Crippen molar-refractivity contribution in [2.75, 3.05) is 18.9 Å². The third kappa shape index (κ3) is 3.71. The minimum atomic E-state index is 0.193. The molecule has 9 nitrogen and oxygen atoms in total. The normalized spacial score (nSPS) is 11.3. The van der Waals surface area contributed by atoms with E-state index in [4.69, 9.17) is 25.8 Å². The average Bonchev–Trinajstić information content (AvgIpc) is 3.37. The Balaban J connectivity index is 1.84. The van der Waals surface area contributed by atoms with Gasteiger partial charge in [-0.05, 0) is 43.0 Å². The van der Waals surface area contributed by atoms with Crippen LogP contribution in [0.15, 0.2) is 41.2 Å². The summed E-state index contributed by atoms with van der Waals surface area (Å²) in [5.41, 5.74) is 15.2. The molecule has 4 rings (SSSR count). The third-order valence-corrected chi connectivity index (χ3v) is 4.93. The lowest BCUT2D eigenvalue weighted by Gasteiger charge is -2.11. The largest absolute Gasteiger partial charge is 0.490 e. The number of hydrogen-bond donors (Lipinski definition) is 2. The van der Waals surface area contributed by atoms with Crippen LogP contribution in [-0.2, 0) is 6.54 Å². The average molecular weight is 407 g/mol. The topological polar surface area (TPSA) is 131 Å². The number of fused-ring (bicyclic) bond motifs is 1. The molecule has 0 amide bonds. The van der Waals surface area contributed by atoms with Gasteiger partial charge in [-0.1, -0.05) is 30.3 Å². The van der Waals surface area contributed by atoms with E-state index < -0.39 is 0 Å². The number of aryl methyl sites for hydroxylation is 1. The minimum absolute atomic E-state index is 0.193. The number of aromatic nitrogens is 5. The Bertz CT molecular complexity index is 1120. The summed E-state index contributed by atoms with van der Waals surface area (Å²) in [5, 5.41) is 7.65. The quantitative estimate of drug-likeness (QED) is 0.404. The van der Waals surface area contributed by atoms with Crippen molar-refractivity contribution < 1.29 is 9.37 Å². The van der Waals surface area contributed by atoms with Crippen LogP contribution in [-0.4, -0.2) is 38.0 Å². The van der Waals surface area contributed by atoms with E-state index in [2.05, 4.69) is 15.3 Å². The number of nitrogens with zero attached hydrogens (tertiary/aromatic N) is 5. The first-order chi connectivity index (χ1) is 14.7. The monoisotopic (exact) mass is 407 g/mol. The molecule has 156 valence electrons. The molecule has 0 bridgehead atoms. The van der Waals surface area contributed by atoms with Crippen LogP contribution in [0.1, 0.15) is 26.2 Å². The summed E-state index contributed by atoms with van der Waals surface area (Å²) in [6, 6.07) is 9.93. The van der Waals surface area contributed by atoms with Gasteiger partial charge in [-0.3, -0.25) is 0 Å². The summed E-state index contributed by atoms with van der Waals surface area (Å²) < 4.78 is 12.9. The molecule has 30 heavy (non-hydrogen) atoms. The van der Waals surface area contributed by atoms with Crippen molar-refractivity contribution in [3.8, 4) is 28.5 Å². The van der Waals surface area contributed by atoms with Crippen molar-refractivity contribution in [2.24, 2.45) is 5.73 Å². The number of unbranched alkanes of at least 4 members (excludes halogenated alkanes) is 2. The van der Waals surface area contributed by atoms with E-state index in [0.717, 1.165) is 41.6 Å². The smallest absolute Gasteiger partial charge is 0.199 e. The molecule has 0 atom stereocenters. The van der Waals surface area contributed by atoms with Crippen molar-refractivity contribution in [1.82, 2.24) is 24.8 Å². The number of imidazole rings is 1. The fraction of sp³-hybridized carbons (Fsp3) is 0.333. The van der Waals surface area contributed by atoms with E-state index in [1.54, 1.807) is 6.20 Å². The third-order valence-electron chi connectivity index (χ3n) is 4.93. The summed E-state index contributed by atoms with van der Waals surface area (Å²) in [5.74, 6) is 1.44. The SMILES string of the molecule is CCn1c(-c2nonc2N)nc2c(-c3ccccc3)ncc(OCCCCCN)c21. The summed E-state index contributed by atoms with van der Waals surface area (Å²) in [7, 11) is 0. The lowest BCUT2D eigenvalue weighted by molar-refractivity contribution is 0.306. The van der Waals surface area contributed by atoms with Gasteiger partial charge in [0.15, 0.2) is 23.1 Å². The van der Waals surface area contributed by atoms with E-state index in [1.165, 1.54) is 0 Å². The van der Waals surface area contributed by atoms with Gasteiger partial charge in [-0.2, -0.15) is 0 Å². The summed E-state index contributed by atoms with van der Waals surface area (Å²) in [6.07, 6.45) is 4.69. The van der Waals surface area contributed by atoms with Gasteiger partial charge >= 0.3 is 0 Å². The molecule has 9 heteroatoms. The van der Waals surface area contributed by atoms with E-state index in [1.807, 2.05) is 41.8 Å². The van der Waals surface area contributed by atoms with Gasteiger partial charge in [0.2, 0.25) is 0 Å². The molecular formula is C21H25N7O2. The van der Waals surface area contributed by atoms with Gasteiger partial charge in [0.05, 0.1) is 18.5 Å². The Hall–Kier alpha value is -3.46. The zero-order chi connectivity index (χ0) is 20.9. The molecular weight excluding hydrogens is 382 g/mol. The standard InChI is InChI=1S/C21H25N7O2/c1-2-28-19-15(29-12-8-4-7-11-22)13-24-16(14-9-5-3-6-10-14)17(19)25-21(28)18-20(23)27-30-26-18/h3,5-6,9-10,13H,2,4,7-8,11-12,22H2,1H3,(H2,23,27). The molecule has 0 aliphatic carbocycles. The highest BCUT2D eigenvalue weighted by atomic mass is 16.6. The Kier molecular flexibility index (Phi) is 5.89. The van der Waals surface area contributed by atoms with Crippen LogP contribution in [0.5, 0.6) is 5.75 Å².